The molecule has 0 bridgehead atoms. The van der Waals surface area contributed by atoms with Gasteiger partial charge < -0.3 is 20.5 Å². The Balaban J connectivity index is 2.14. The average Bonchev–Trinajstić information content (AvgIpc) is 2.57. The molecule has 0 aliphatic carbocycles. The lowest BCUT2D eigenvalue weighted by atomic mass is 10.2. The topological polar surface area (TPSA) is 68.9 Å². The van der Waals surface area contributed by atoms with E-state index in [-0.39, 0.29) is 5.96 Å². The van der Waals surface area contributed by atoms with Gasteiger partial charge in [0, 0.05) is 11.1 Å². The number of hydrogen-bond donors (Lipinski definition) is 2. The first kappa shape index (κ1) is 17.9. The van der Waals surface area contributed by atoms with Crippen LogP contribution in [0, 0.1) is 0 Å². The lowest BCUT2D eigenvalue weighted by Gasteiger charge is -2.14. The number of nitrogens with two attached hydrogens (primary N) is 1. The second kappa shape index (κ2) is 9.03. The molecule has 0 atom stereocenters. The van der Waals surface area contributed by atoms with Gasteiger partial charge in [0.1, 0.15) is 11.5 Å². The highest BCUT2D eigenvalue weighted by molar-refractivity contribution is 6.31. The average molecular weight is 348 g/mol. The number of ether oxygens (including phenoxy) is 2. The zero-order valence-electron chi connectivity index (χ0n) is 13.9. The van der Waals surface area contributed by atoms with Crippen LogP contribution < -0.4 is 20.5 Å². The van der Waals surface area contributed by atoms with E-state index in [1.165, 1.54) is 0 Å². The van der Waals surface area contributed by atoms with Crippen molar-refractivity contribution in [2.24, 2.45) is 10.7 Å². The molecular weight excluding hydrogens is 326 g/mol. The van der Waals surface area contributed by atoms with Gasteiger partial charge in [-0.25, -0.2) is 4.99 Å². The van der Waals surface area contributed by atoms with Gasteiger partial charge in [0.15, 0.2) is 5.96 Å². The number of guanidine groups is 1. The summed E-state index contributed by atoms with van der Waals surface area (Å²) in [5.74, 6) is 1.71. The van der Waals surface area contributed by atoms with Gasteiger partial charge in [-0.2, -0.15) is 0 Å². The second-order valence-electron chi connectivity index (χ2n) is 4.94. The molecule has 24 heavy (non-hydrogen) atoms. The first-order chi connectivity index (χ1) is 11.6. The molecule has 0 radical (unpaired) electrons. The normalized spacial score (nSPS) is 11.2. The third kappa shape index (κ3) is 5.06. The first-order valence-electron chi connectivity index (χ1n) is 7.84. The Morgan fingerprint density at radius 3 is 2.58 bits per heavy atom. The van der Waals surface area contributed by atoms with Crippen LogP contribution in [0.2, 0.25) is 5.02 Å². The quantitative estimate of drug-likeness (QED) is 0.585. The fourth-order valence-electron chi connectivity index (χ4n) is 2.12. The molecule has 6 heteroatoms. The number of aliphatic imine (C=N–C) groups is 1. The summed E-state index contributed by atoms with van der Waals surface area (Å²) in [7, 11) is 0. The van der Waals surface area contributed by atoms with Crippen molar-refractivity contribution in [3.8, 4) is 11.5 Å². The number of anilines is 1. The highest BCUT2D eigenvalue weighted by atomic mass is 35.5. The Morgan fingerprint density at radius 1 is 1.12 bits per heavy atom. The molecule has 0 aliphatic heterocycles. The number of benzene rings is 2. The van der Waals surface area contributed by atoms with Gasteiger partial charge in [0.05, 0.1) is 25.4 Å². The van der Waals surface area contributed by atoms with E-state index in [0.717, 1.165) is 11.3 Å². The van der Waals surface area contributed by atoms with Crippen LogP contribution in [0.4, 0.5) is 5.69 Å². The zero-order valence-corrected chi connectivity index (χ0v) is 14.6. The van der Waals surface area contributed by atoms with E-state index in [9.17, 15) is 0 Å². The molecular formula is C18H22ClN3O2. The number of nitrogens with one attached hydrogen (secondary N) is 1. The predicted octanol–water partition coefficient (Wildman–Crippen LogP) is 4.06. The molecule has 0 fully saturated rings. The van der Waals surface area contributed by atoms with Crippen LogP contribution in [0.1, 0.15) is 19.4 Å². The molecule has 0 amide bonds. The highest BCUT2D eigenvalue weighted by Gasteiger charge is 2.07. The summed E-state index contributed by atoms with van der Waals surface area (Å²) >= 11 is 6.12. The molecule has 2 aromatic rings. The standard InChI is InChI=1S/C18H22ClN3O2/c1-3-23-14-9-10-17(24-4-2)16(11-14)22-18(20)21-12-13-7-5-6-8-15(13)19/h5-11H,3-4,12H2,1-2H3,(H3,20,21,22). The van der Waals surface area contributed by atoms with Crippen LogP contribution in [-0.2, 0) is 6.54 Å². The summed E-state index contributed by atoms with van der Waals surface area (Å²) in [4.78, 5) is 4.33. The summed E-state index contributed by atoms with van der Waals surface area (Å²) < 4.78 is 11.1. The van der Waals surface area contributed by atoms with Crippen LogP contribution >= 0.6 is 11.6 Å². The van der Waals surface area contributed by atoms with E-state index in [4.69, 9.17) is 26.8 Å². The van der Waals surface area contributed by atoms with Crippen LogP contribution in [0.3, 0.4) is 0 Å². The minimum atomic E-state index is 0.282. The van der Waals surface area contributed by atoms with Crippen molar-refractivity contribution in [2.75, 3.05) is 18.5 Å². The van der Waals surface area contributed by atoms with Crippen molar-refractivity contribution in [3.63, 3.8) is 0 Å². The summed E-state index contributed by atoms with van der Waals surface area (Å²) in [6, 6.07) is 13.1. The summed E-state index contributed by atoms with van der Waals surface area (Å²) in [5.41, 5.74) is 7.62. The third-order valence-corrected chi connectivity index (χ3v) is 3.57. The Kier molecular flexibility index (Phi) is 6.75. The molecule has 0 aromatic heterocycles. The number of rotatable bonds is 7. The Hall–Kier alpha value is -2.40. The van der Waals surface area contributed by atoms with Crippen LogP contribution in [0.25, 0.3) is 0 Å². The van der Waals surface area contributed by atoms with E-state index < -0.39 is 0 Å². The van der Waals surface area contributed by atoms with Crippen LogP contribution in [0.5, 0.6) is 11.5 Å². The van der Waals surface area contributed by atoms with Crippen molar-refractivity contribution in [3.05, 3.63) is 53.1 Å². The molecule has 0 spiro atoms. The summed E-state index contributed by atoms with van der Waals surface area (Å²) in [6.45, 7) is 5.40. The van der Waals surface area contributed by atoms with Gasteiger partial charge in [0.25, 0.3) is 0 Å². The van der Waals surface area contributed by atoms with E-state index in [2.05, 4.69) is 10.3 Å². The Morgan fingerprint density at radius 2 is 1.88 bits per heavy atom. The van der Waals surface area contributed by atoms with Gasteiger partial charge >= 0.3 is 0 Å². The molecule has 0 saturated heterocycles. The lowest BCUT2D eigenvalue weighted by molar-refractivity contribution is 0.332. The summed E-state index contributed by atoms with van der Waals surface area (Å²) in [5, 5.41) is 3.73. The van der Waals surface area contributed by atoms with Gasteiger partial charge in [-0.1, -0.05) is 29.8 Å². The first-order valence-corrected chi connectivity index (χ1v) is 8.21. The van der Waals surface area contributed by atoms with E-state index >= 15 is 0 Å². The van der Waals surface area contributed by atoms with E-state index in [0.29, 0.717) is 36.2 Å². The van der Waals surface area contributed by atoms with Crippen LogP contribution in [-0.4, -0.2) is 19.2 Å². The number of nitrogens with zero attached hydrogens (tertiary/aromatic N) is 1. The molecule has 0 saturated carbocycles. The monoisotopic (exact) mass is 347 g/mol. The third-order valence-electron chi connectivity index (χ3n) is 3.20. The molecule has 2 aromatic carbocycles. The highest BCUT2D eigenvalue weighted by Crippen LogP contribution is 2.29. The maximum atomic E-state index is 6.12. The predicted molar refractivity (Wildman–Crippen MR) is 99.2 cm³/mol. The fraction of sp³-hybridized carbons (Fsp3) is 0.278. The van der Waals surface area contributed by atoms with Crippen molar-refractivity contribution < 1.29 is 9.47 Å². The van der Waals surface area contributed by atoms with Gasteiger partial charge in [-0.15, -0.1) is 0 Å². The Labute approximate surface area is 147 Å². The SMILES string of the molecule is CCOc1ccc(OCC)c(NC(N)=NCc2ccccc2Cl)c1. The minimum absolute atomic E-state index is 0.282. The number of hydrogen-bond acceptors (Lipinski definition) is 3. The molecule has 0 heterocycles. The van der Waals surface area contributed by atoms with Gasteiger partial charge in [-0.3, -0.25) is 0 Å². The largest absolute Gasteiger partial charge is 0.494 e. The van der Waals surface area contributed by atoms with Gasteiger partial charge in [-0.05, 0) is 37.6 Å². The molecule has 0 aliphatic rings. The minimum Gasteiger partial charge on any atom is -0.494 e. The molecule has 5 nitrogen and oxygen atoms in total. The van der Waals surface area contributed by atoms with Crippen LogP contribution in [0.15, 0.2) is 47.5 Å². The molecule has 3 N–H and O–H groups in total. The van der Waals surface area contributed by atoms with Crippen molar-refractivity contribution in [2.45, 2.75) is 20.4 Å². The van der Waals surface area contributed by atoms with E-state index in [1.54, 1.807) is 0 Å². The van der Waals surface area contributed by atoms with E-state index in [1.807, 2.05) is 56.3 Å². The zero-order chi connectivity index (χ0) is 17.4. The van der Waals surface area contributed by atoms with Crippen molar-refractivity contribution in [1.82, 2.24) is 0 Å². The molecule has 128 valence electrons. The van der Waals surface area contributed by atoms with Crippen molar-refractivity contribution in [1.29, 1.82) is 0 Å². The second-order valence-corrected chi connectivity index (χ2v) is 5.35. The van der Waals surface area contributed by atoms with Gasteiger partial charge in [0.2, 0.25) is 0 Å². The molecule has 2 rings (SSSR count). The maximum absolute atomic E-state index is 6.12. The Bertz CT molecular complexity index is 704. The van der Waals surface area contributed by atoms with Crippen molar-refractivity contribution >= 4 is 23.2 Å². The molecule has 0 unspecified atom stereocenters. The lowest BCUT2D eigenvalue weighted by Crippen LogP contribution is -2.23. The fourth-order valence-corrected chi connectivity index (χ4v) is 2.31. The maximum Gasteiger partial charge on any atom is 0.193 e. The summed E-state index contributed by atoms with van der Waals surface area (Å²) in [6.07, 6.45) is 0. The number of halogens is 1. The smallest absolute Gasteiger partial charge is 0.193 e.